The maximum Gasteiger partial charge on any atom is 0.0538 e. The van der Waals surface area contributed by atoms with E-state index >= 15 is 0 Å². The molecule has 0 unspecified atom stereocenters. The second kappa shape index (κ2) is 4.45. The Morgan fingerprint density at radius 3 is 2.83 bits per heavy atom. The van der Waals surface area contributed by atoms with Crippen molar-refractivity contribution < 1.29 is 0 Å². The maximum atomic E-state index is 4.05. The number of halogens is 1. The third kappa shape index (κ3) is 3.22. The molecule has 1 aromatic rings. The number of hydrogen-bond acceptors (Lipinski definition) is 2. The zero-order valence-electron chi connectivity index (χ0n) is 7.34. The number of anilines is 1. The Labute approximate surface area is 81.5 Å². The van der Waals surface area contributed by atoms with E-state index in [1.165, 1.54) is 0 Å². The summed E-state index contributed by atoms with van der Waals surface area (Å²) in [6.07, 6.45) is 3.60. The zero-order chi connectivity index (χ0) is 8.97. The minimum Gasteiger partial charge on any atom is -0.384 e. The third-order valence-electron chi connectivity index (χ3n) is 1.42. The monoisotopic (exact) mass is 228 g/mol. The molecule has 1 rings (SSSR count). The van der Waals surface area contributed by atoms with Gasteiger partial charge in [0.15, 0.2) is 0 Å². The van der Waals surface area contributed by atoms with Crippen LogP contribution in [0.2, 0.25) is 0 Å². The van der Waals surface area contributed by atoms with Crippen LogP contribution in [0.3, 0.4) is 0 Å². The molecular formula is C9H13BrN2. The quantitative estimate of drug-likeness (QED) is 0.861. The predicted molar refractivity (Wildman–Crippen MR) is 55.3 cm³/mol. The molecule has 1 heterocycles. The lowest BCUT2D eigenvalue weighted by Crippen LogP contribution is -2.07. The van der Waals surface area contributed by atoms with Gasteiger partial charge in [0, 0.05) is 17.2 Å². The van der Waals surface area contributed by atoms with Crippen molar-refractivity contribution in [3.8, 4) is 0 Å². The van der Waals surface area contributed by atoms with Gasteiger partial charge in [0.25, 0.3) is 0 Å². The van der Waals surface area contributed by atoms with E-state index in [0.717, 1.165) is 16.7 Å². The van der Waals surface area contributed by atoms with Crippen molar-refractivity contribution in [1.29, 1.82) is 0 Å². The van der Waals surface area contributed by atoms with Crippen molar-refractivity contribution >= 4 is 21.6 Å². The minimum atomic E-state index is 0.656. The van der Waals surface area contributed by atoms with E-state index in [9.17, 15) is 0 Å². The molecule has 0 radical (unpaired) electrons. The van der Waals surface area contributed by atoms with Crippen molar-refractivity contribution in [3.63, 3.8) is 0 Å². The topological polar surface area (TPSA) is 24.9 Å². The van der Waals surface area contributed by atoms with Crippen LogP contribution in [0.1, 0.15) is 13.8 Å². The Morgan fingerprint density at radius 1 is 1.50 bits per heavy atom. The normalized spacial score (nSPS) is 10.3. The van der Waals surface area contributed by atoms with Crippen LogP contribution in [-0.2, 0) is 0 Å². The van der Waals surface area contributed by atoms with Gasteiger partial charge in [0.05, 0.1) is 11.9 Å². The maximum absolute atomic E-state index is 4.05. The summed E-state index contributed by atoms with van der Waals surface area (Å²) in [7, 11) is 0. The standard InChI is InChI=1S/C9H13BrN2/c1-7(2)4-12-9-3-8(10)5-11-6-9/h3,5-7,12H,4H2,1-2H3. The minimum absolute atomic E-state index is 0.656. The van der Waals surface area contributed by atoms with Crippen LogP contribution in [0.25, 0.3) is 0 Å². The van der Waals surface area contributed by atoms with E-state index in [2.05, 4.69) is 40.1 Å². The summed E-state index contributed by atoms with van der Waals surface area (Å²) >= 11 is 3.37. The first-order valence-electron chi connectivity index (χ1n) is 4.03. The second-order valence-electron chi connectivity index (χ2n) is 3.17. The van der Waals surface area contributed by atoms with Gasteiger partial charge in [-0.3, -0.25) is 4.98 Å². The largest absolute Gasteiger partial charge is 0.384 e. The molecule has 1 aromatic heterocycles. The van der Waals surface area contributed by atoms with Gasteiger partial charge in [0.1, 0.15) is 0 Å². The Hall–Kier alpha value is -0.570. The van der Waals surface area contributed by atoms with E-state index in [4.69, 9.17) is 0 Å². The Balaban J connectivity index is 2.52. The summed E-state index contributed by atoms with van der Waals surface area (Å²) in [5.41, 5.74) is 1.07. The van der Waals surface area contributed by atoms with Crippen molar-refractivity contribution in [2.24, 2.45) is 5.92 Å². The fourth-order valence-electron chi connectivity index (χ4n) is 0.831. The first-order valence-corrected chi connectivity index (χ1v) is 4.82. The fourth-order valence-corrected chi connectivity index (χ4v) is 1.20. The number of hydrogen-bond donors (Lipinski definition) is 1. The van der Waals surface area contributed by atoms with Crippen molar-refractivity contribution in [2.75, 3.05) is 11.9 Å². The van der Waals surface area contributed by atoms with Gasteiger partial charge in [-0.15, -0.1) is 0 Å². The van der Waals surface area contributed by atoms with Crippen LogP contribution in [0.4, 0.5) is 5.69 Å². The molecule has 1 N–H and O–H groups in total. The van der Waals surface area contributed by atoms with Gasteiger partial charge in [-0.1, -0.05) is 13.8 Å². The Morgan fingerprint density at radius 2 is 2.25 bits per heavy atom. The second-order valence-corrected chi connectivity index (χ2v) is 4.08. The molecule has 0 amide bonds. The van der Waals surface area contributed by atoms with E-state index in [0.29, 0.717) is 5.92 Å². The first kappa shape index (κ1) is 9.52. The van der Waals surface area contributed by atoms with Crippen LogP contribution in [0.5, 0.6) is 0 Å². The molecule has 3 heteroatoms. The molecule has 0 aliphatic rings. The molecule has 0 fully saturated rings. The van der Waals surface area contributed by atoms with Crippen LogP contribution >= 0.6 is 15.9 Å². The summed E-state index contributed by atoms with van der Waals surface area (Å²) in [5.74, 6) is 0.656. The molecule has 0 bridgehead atoms. The highest BCUT2D eigenvalue weighted by Gasteiger charge is 1.95. The van der Waals surface area contributed by atoms with Gasteiger partial charge in [-0.2, -0.15) is 0 Å². The highest BCUT2D eigenvalue weighted by Crippen LogP contribution is 2.13. The number of rotatable bonds is 3. The van der Waals surface area contributed by atoms with Crippen LogP contribution in [0.15, 0.2) is 22.9 Å². The fraction of sp³-hybridized carbons (Fsp3) is 0.444. The average Bonchev–Trinajstić information content (AvgIpc) is 2.01. The SMILES string of the molecule is CC(C)CNc1cncc(Br)c1. The van der Waals surface area contributed by atoms with Gasteiger partial charge >= 0.3 is 0 Å². The molecule has 0 aliphatic heterocycles. The molecule has 2 nitrogen and oxygen atoms in total. The Bertz CT molecular complexity index is 248. The van der Waals surface area contributed by atoms with Gasteiger partial charge in [0.2, 0.25) is 0 Å². The number of nitrogens with one attached hydrogen (secondary N) is 1. The molecule has 0 atom stereocenters. The highest BCUT2D eigenvalue weighted by molar-refractivity contribution is 9.10. The first-order chi connectivity index (χ1) is 5.68. The van der Waals surface area contributed by atoms with Crippen molar-refractivity contribution in [1.82, 2.24) is 4.98 Å². The Kier molecular flexibility index (Phi) is 3.53. The molecule has 66 valence electrons. The lowest BCUT2D eigenvalue weighted by Gasteiger charge is -2.07. The average molecular weight is 229 g/mol. The summed E-state index contributed by atoms with van der Waals surface area (Å²) < 4.78 is 1.01. The summed E-state index contributed by atoms with van der Waals surface area (Å²) in [5, 5.41) is 3.29. The molecule has 12 heavy (non-hydrogen) atoms. The lowest BCUT2D eigenvalue weighted by atomic mass is 10.2. The number of nitrogens with zero attached hydrogens (tertiary/aromatic N) is 1. The summed E-state index contributed by atoms with van der Waals surface area (Å²) in [6, 6.07) is 2.02. The lowest BCUT2D eigenvalue weighted by molar-refractivity contribution is 0.688. The van der Waals surface area contributed by atoms with Crippen LogP contribution in [0, 0.1) is 5.92 Å². The molecule has 0 spiro atoms. The molecule has 0 saturated carbocycles. The van der Waals surface area contributed by atoms with Gasteiger partial charge in [-0.25, -0.2) is 0 Å². The highest BCUT2D eigenvalue weighted by atomic mass is 79.9. The molecular weight excluding hydrogens is 216 g/mol. The van der Waals surface area contributed by atoms with Crippen molar-refractivity contribution in [3.05, 3.63) is 22.9 Å². The van der Waals surface area contributed by atoms with E-state index < -0.39 is 0 Å². The van der Waals surface area contributed by atoms with Crippen molar-refractivity contribution in [2.45, 2.75) is 13.8 Å². The van der Waals surface area contributed by atoms with E-state index in [-0.39, 0.29) is 0 Å². The van der Waals surface area contributed by atoms with Crippen LogP contribution in [-0.4, -0.2) is 11.5 Å². The van der Waals surface area contributed by atoms with Crippen LogP contribution < -0.4 is 5.32 Å². The summed E-state index contributed by atoms with van der Waals surface area (Å²) in [4.78, 5) is 4.05. The molecule has 0 saturated heterocycles. The smallest absolute Gasteiger partial charge is 0.0538 e. The van der Waals surface area contributed by atoms with E-state index in [1.807, 2.05) is 12.3 Å². The number of aromatic nitrogens is 1. The number of pyridine rings is 1. The van der Waals surface area contributed by atoms with Gasteiger partial charge in [-0.05, 0) is 27.9 Å². The zero-order valence-corrected chi connectivity index (χ0v) is 8.93. The third-order valence-corrected chi connectivity index (χ3v) is 1.85. The molecule has 0 aromatic carbocycles. The summed E-state index contributed by atoms with van der Waals surface area (Å²) in [6.45, 7) is 5.34. The predicted octanol–water partition coefficient (Wildman–Crippen LogP) is 2.91. The molecule has 0 aliphatic carbocycles. The van der Waals surface area contributed by atoms with Gasteiger partial charge < -0.3 is 5.32 Å². The van der Waals surface area contributed by atoms with E-state index in [1.54, 1.807) is 6.20 Å².